The van der Waals surface area contributed by atoms with Gasteiger partial charge in [0, 0.05) is 45.8 Å². The summed E-state index contributed by atoms with van der Waals surface area (Å²) in [6.45, 7) is 3.18. The Morgan fingerprint density at radius 2 is 1.04 bits per heavy atom. The maximum Gasteiger partial charge on any atom is 0.282 e. The first-order chi connectivity index (χ1) is 12.9. The summed E-state index contributed by atoms with van der Waals surface area (Å²) in [5.41, 5.74) is -0.579. The fraction of sp³-hybridized carbons (Fsp3) is 1.00. The highest BCUT2D eigenvalue weighted by atomic mass is 32.2. The zero-order chi connectivity index (χ0) is 19.1. The van der Waals surface area contributed by atoms with Gasteiger partial charge in [-0.05, 0) is 38.5 Å². The zero-order valence-electron chi connectivity index (χ0n) is 16.1. The van der Waals surface area contributed by atoms with Crippen LogP contribution in [0.3, 0.4) is 0 Å². The molecule has 1 spiro atoms. The Labute approximate surface area is 163 Å². The Bertz CT molecular complexity index is 737. The molecule has 3 heterocycles. The second-order valence-corrected chi connectivity index (χ2v) is 12.2. The summed E-state index contributed by atoms with van der Waals surface area (Å²) in [5.74, 6) is 0. The highest BCUT2D eigenvalue weighted by Crippen LogP contribution is 2.40. The second-order valence-electron chi connectivity index (χ2n) is 8.42. The van der Waals surface area contributed by atoms with Crippen LogP contribution in [0.4, 0.5) is 0 Å². The van der Waals surface area contributed by atoms with Gasteiger partial charge in [-0.2, -0.15) is 34.1 Å². The zero-order valence-corrected chi connectivity index (χ0v) is 17.7. The predicted octanol–water partition coefficient (Wildman–Crippen LogP) is 0.988. The van der Waals surface area contributed by atoms with E-state index in [1.165, 1.54) is 0 Å². The van der Waals surface area contributed by atoms with E-state index in [9.17, 15) is 16.8 Å². The molecule has 0 N–H and O–H groups in total. The van der Waals surface area contributed by atoms with Gasteiger partial charge in [0.15, 0.2) is 0 Å². The van der Waals surface area contributed by atoms with E-state index in [2.05, 4.69) is 0 Å². The van der Waals surface area contributed by atoms with Crippen molar-refractivity contribution in [2.45, 2.75) is 63.3 Å². The first-order valence-electron chi connectivity index (χ1n) is 10.4. The minimum atomic E-state index is -3.53. The van der Waals surface area contributed by atoms with Crippen molar-refractivity contribution in [2.75, 3.05) is 45.8 Å². The summed E-state index contributed by atoms with van der Waals surface area (Å²) in [6, 6.07) is 0. The van der Waals surface area contributed by atoms with Crippen molar-refractivity contribution in [3.8, 4) is 0 Å². The van der Waals surface area contributed by atoms with Gasteiger partial charge in [-0.3, -0.25) is 0 Å². The molecule has 4 fully saturated rings. The second kappa shape index (κ2) is 7.53. The summed E-state index contributed by atoms with van der Waals surface area (Å²) < 4.78 is 59.3. The topological polar surface area (TPSA) is 81.2 Å². The lowest BCUT2D eigenvalue weighted by Crippen LogP contribution is -2.67. The molecule has 3 saturated heterocycles. The average Bonchev–Trinajstić information content (AvgIpc) is 3.36. The van der Waals surface area contributed by atoms with Crippen LogP contribution < -0.4 is 0 Å². The molecule has 4 aliphatic rings. The van der Waals surface area contributed by atoms with Crippen LogP contribution in [0.1, 0.15) is 57.8 Å². The highest BCUT2D eigenvalue weighted by molar-refractivity contribution is 7.87. The lowest BCUT2D eigenvalue weighted by Gasteiger charge is -2.52. The molecule has 0 radical (unpaired) electrons. The van der Waals surface area contributed by atoms with Crippen LogP contribution in [0.25, 0.3) is 0 Å². The van der Waals surface area contributed by atoms with Gasteiger partial charge < -0.3 is 0 Å². The number of hydrogen-bond donors (Lipinski definition) is 0. The summed E-state index contributed by atoms with van der Waals surface area (Å²) in [5, 5.41) is 0. The van der Waals surface area contributed by atoms with Crippen molar-refractivity contribution in [2.24, 2.45) is 0 Å². The van der Waals surface area contributed by atoms with E-state index in [1.54, 1.807) is 17.2 Å². The van der Waals surface area contributed by atoms with Gasteiger partial charge in [0.05, 0.1) is 5.54 Å². The number of rotatable bonds is 4. The summed E-state index contributed by atoms with van der Waals surface area (Å²) >= 11 is 0. The van der Waals surface area contributed by atoms with Crippen molar-refractivity contribution >= 4 is 20.4 Å². The van der Waals surface area contributed by atoms with Crippen molar-refractivity contribution in [1.82, 2.24) is 17.2 Å². The third kappa shape index (κ3) is 3.57. The largest absolute Gasteiger partial charge is 0.282 e. The van der Waals surface area contributed by atoms with Gasteiger partial charge >= 0.3 is 0 Å². The standard InChI is InChI=1S/C17H32N4O4S2/c22-26(23,18-10-4-5-11-18)20-14-15-21(17(16-20)8-2-1-3-9-17)27(24,25)19-12-6-7-13-19/h1-16H2. The van der Waals surface area contributed by atoms with Gasteiger partial charge in [0.25, 0.3) is 20.4 Å². The molecule has 10 heteroatoms. The quantitative estimate of drug-likeness (QED) is 0.679. The van der Waals surface area contributed by atoms with Crippen LogP contribution in [0.5, 0.6) is 0 Å². The summed E-state index contributed by atoms with van der Waals surface area (Å²) in [4.78, 5) is 0. The normalized spacial score (nSPS) is 29.6. The summed E-state index contributed by atoms with van der Waals surface area (Å²) in [7, 11) is -7.02. The maximum absolute atomic E-state index is 13.3. The van der Waals surface area contributed by atoms with Crippen molar-refractivity contribution in [3.63, 3.8) is 0 Å². The Kier molecular flexibility index (Phi) is 5.59. The Hall–Kier alpha value is -0.260. The van der Waals surface area contributed by atoms with Crippen molar-refractivity contribution in [1.29, 1.82) is 0 Å². The van der Waals surface area contributed by atoms with E-state index >= 15 is 0 Å². The lowest BCUT2D eigenvalue weighted by atomic mass is 9.80. The van der Waals surface area contributed by atoms with Crippen molar-refractivity contribution in [3.05, 3.63) is 0 Å². The highest BCUT2D eigenvalue weighted by Gasteiger charge is 2.52. The Morgan fingerprint density at radius 3 is 1.59 bits per heavy atom. The third-order valence-corrected chi connectivity index (χ3v) is 10.9. The Morgan fingerprint density at radius 1 is 0.519 bits per heavy atom. The van der Waals surface area contributed by atoms with Gasteiger partial charge in [-0.25, -0.2) is 0 Å². The molecule has 27 heavy (non-hydrogen) atoms. The third-order valence-electron chi connectivity index (χ3n) is 6.72. The van der Waals surface area contributed by atoms with Crippen LogP contribution >= 0.6 is 0 Å². The molecule has 0 amide bonds. The van der Waals surface area contributed by atoms with Gasteiger partial charge in [0.1, 0.15) is 0 Å². The first kappa shape index (κ1) is 20.0. The van der Waals surface area contributed by atoms with Crippen molar-refractivity contribution < 1.29 is 16.8 Å². The molecule has 0 unspecified atom stereocenters. The lowest BCUT2D eigenvalue weighted by molar-refractivity contribution is 0.0570. The molecule has 3 aliphatic heterocycles. The average molecular weight is 421 g/mol. The molecule has 0 bridgehead atoms. The van der Waals surface area contributed by atoms with Gasteiger partial charge in [-0.15, -0.1) is 0 Å². The molecule has 0 aromatic carbocycles. The minimum Gasteiger partial charge on any atom is -0.195 e. The molecule has 156 valence electrons. The molecular weight excluding hydrogens is 388 g/mol. The van der Waals surface area contributed by atoms with E-state index in [0.29, 0.717) is 32.7 Å². The maximum atomic E-state index is 13.3. The first-order valence-corrected chi connectivity index (χ1v) is 13.2. The Balaban J connectivity index is 1.61. The van der Waals surface area contributed by atoms with Crippen LogP contribution in [0, 0.1) is 0 Å². The van der Waals surface area contributed by atoms with Gasteiger partial charge in [0.2, 0.25) is 0 Å². The minimum absolute atomic E-state index is 0.258. The molecule has 1 aliphatic carbocycles. The van der Waals surface area contributed by atoms with E-state index in [1.807, 2.05) is 0 Å². The monoisotopic (exact) mass is 420 g/mol. The number of hydrogen-bond acceptors (Lipinski definition) is 4. The fourth-order valence-electron chi connectivity index (χ4n) is 5.24. The van der Waals surface area contributed by atoms with Crippen LogP contribution in [-0.2, 0) is 20.4 Å². The number of piperazine rings is 1. The smallest absolute Gasteiger partial charge is 0.195 e. The molecule has 0 aromatic rings. The van der Waals surface area contributed by atoms with Crippen LogP contribution in [-0.4, -0.2) is 85.4 Å². The molecule has 4 rings (SSSR count). The summed E-state index contributed by atoms with van der Waals surface area (Å²) in [6.07, 6.45) is 8.18. The van der Waals surface area contributed by atoms with Crippen LogP contribution in [0.15, 0.2) is 0 Å². The SMILES string of the molecule is O=S(=O)(N1CCCC1)N1CCN(S(=O)(=O)N2CCCC2)C2(CCCCC2)C1. The molecular formula is C17H32N4O4S2. The molecule has 1 saturated carbocycles. The van der Waals surface area contributed by atoms with Gasteiger partial charge in [-0.1, -0.05) is 19.3 Å². The number of nitrogens with zero attached hydrogens (tertiary/aromatic N) is 4. The van der Waals surface area contributed by atoms with E-state index in [4.69, 9.17) is 0 Å². The van der Waals surface area contributed by atoms with E-state index < -0.39 is 26.0 Å². The van der Waals surface area contributed by atoms with E-state index in [0.717, 1.165) is 57.8 Å². The molecule has 0 aromatic heterocycles. The molecule has 8 nitrogen and oxygen atoms in total. The fourth-order valence-corrected chi connectivity index (χ4v) is 9.04. The predicted molar refractivity (Wildman–Crippen MR) is 104 cm³/mol. The van der Waals surface area contributed by atoms with E-state index in [-0.39, 0.29) is 13.1 Å². The molecule has 0 atom stereocenters. The van der Waals surface area contributed by atoms with Crippen LogP contribution in [0.2, 0.25) is 0 Å².